The van der Waals surface area contributed by atoms with Gasteiger partial charge in [-0.3, -0.25) is 0 Å². The lowest BCUT2D eigenvalue weighted by Crippen LogP contribution is -1.81. The molecule has 1 N–H and O–H groups in total. The first-order valence-corrected chi connectivity index (χ1v) is 6.35. The maximum atomic E-state index is 4.39. The summed E-state index contributed by atoms with van der Waals surface area (Å²) in [5.41, 5.74) is 2.95. The molecule has 1 heterocycles. The van der Waals surface area contributed by atoms with Crippen LogP contribution in [-0.4, -0.2) is 16.2 Å². The fourth-order valence-corrected chi connectivity index (χ4v) is 2.10. The van der Waals surface area contributed by atoms with Gasteiger partial charge in [0.05, 0.1) is 11.0 Å². The van der Waals surface area contributed by atoms with Crippen molar-refractivity contribution in [2.75, 3.05) is 0 Å². The lowest BCUT2D eigenvalue weighted by molar-refractivity contribution is 1.27. The van der Waals surface area contributed by atoms with Crippen LogP contribution in [0, 0.1) is 0 Å². The number of aliphatic imine (C=N–C) groups is 1. The van der Waals surface area contributed by atoms with Crippen LogP contribution in [-0.2, 0) is 0 Å². The van der Waals surface area contributed by atoms with Crippen LogP contribution in [0.1, 0.15) is 5.56 Å². The Morgan fingerprint density at radius 1 is 1.06 bits per heavy atom. The van der Waals surface area contributed by atoms with Crippen LogP contribution >= 0.6 is 15.9 Å². The van der Waals surface area contributed by atoms with E-state index in [4.69, 9.17) is 0 Å². The van der Waals surface area contributed by atoms with Crippen LogP contribution in [0.3, 0.4) is 0 Å². The first kappa shape index (κ1) is 11.2. The summed E-state index contributed by atoms with van der Waals surface area (Å²) in [6.07, 6.45) is 1.79. The average molecular weight is 300 g/mol. The maximum Gasteiger partial charge on any atom is 0.227 e. The molecule has 0 radical (unpaired) electrons. The molecule has 3 aromatic rings. The monoisotopic (exact) mass is 299 g/mol. The third kappa shape index (κ3) is 2.19. The van der Waals surface area contributed by atoms with Crippen LogP contribution < -0.4 is 0 Å². The van der Waals surface area contributed by atoms with Crippen LogP contribution in [0.15, 0.2) is 58.0 Å². The molecule has 88 valence electrons. The molecule has 3 nitrogen and oxygen atoms in total. The second-order valence-corrected chi connectivity index (χ2v) is 4.71. The van der Waals surface area contributed by atoms with Gasteiger partial charge in [0.2, 0.25) is 5.95 Å². The Morgan fingerprint density at radius 2 is 1.83 bits per heavy atom. The molecule has 3 rings (SSSR count). The molecule has 0 fully saturated rings. The average Bonchev–Trinajstić information content (AvgIpc) is 2.80. The third-order valence-electron chi connectivity index (χ3n) is 2.61. The Balaban J connectivity index is 1.95. The van der Waals surface area contributed by atoms with Gasteiger partial charge in [0.25, 0.3) is 0 Å². The first-order valence-electron chi connectivity index (χ1n) is 5.56. The molecule has 2 aromatic carbocycles. The summed E-state index contributed by atoms with van der Waals surface area (Å²) in [6, 6.07) is 15.8. The zero-order valence-corrected chi connectivity index (χ0v) is 11.1. The van der Waals surface area contributed by atoms with E-state index in [1.54, 1.807) is 6.21 Å². The van der Waals surface area contributed by atoms with E-state index in [1.165, 1.54) is 0 Å². The van der Waals surface area contributed by atoms with E-state index in [0.29, 0.717) is 5.95 Å². The Kier molecular flexibility index (Phi) is 2.94. The van der Waals surface area contributed by atoms with Crippen LogP contribution in [0.2, 0.25) is 0 Å². The Hall–Kier alpha value is -1.94. The lowest BCUT2D eigenvalue weighted by atomic mass is 10.2. The predicted octanol–water partition coefficient (Wildman–Crippen LogP) is 4.08. The molecule has 0 spiro atoms. The molecular weight excluding hydrogens is 290 g/mol. The van der Waals surface area contributed by atoms with Crippen molar-refractivity contribution in [1.82, 2.24) is 9.97 Å². The molecule has 4 heteroatoms. The number of nitrogens with zero attached hydrogens (tertiary/aromatic N) is 2. The number of halogens is 1. The molecule has 0 aliphatic rings. The summed E-state index contributed by atoms with van der Waals surface area (Å²) in [5, 5.41) is 0. The summed E-state index contributed by atoms with van der Waals surface area (Å²) in [5.74, 6) is 0.618. The molecule has 0 saturated carbocycles. The number of H-pyrrole nitrogens is 1. The zero-order valence-electron chi connectivity index (χ0n) is 9.47. The number of imidazole rings is 1. The van der Waals surface area contributed by atoms with Crippen molar-refractivity contribution in [3.05, 3.63) is 58.6 Å². The van der Waals surface area contributed by atoms with Crippen molar-refractivity contribution in [3.8, 4) is 0 Å². The van der Waals surface area contributed by atoms with E-state index in [1.807, 2.05) is 48.5 Å². The third-order valence-corrected chi connectivity index (χ3v) is 3.33. The van der Waals surface area contributed by atoms with Crippen molar-refractivity contribution in [2.45, 2.75) is 0 Å². The summed E-state index contributed by atoms with van der Waals surface area (Å²) >= 11 is 3.48. The summed E-state index contributed by atoms with van der Waals surface area (Å²) < 4.78 is 1.02. The van der Waals surface area contributed by atoms with E-state index < -0.39 is 0 Å². The van der Waals surface area contributed by atoms with Crippen molar-refractivity contribution < 1.29 is 0 Å². The number of hydrogen-bond donors (Lipinski definition) is 1. The Morgan fingerprint density at radius 3 is 2.67 bits per heavy atom. The second kappa shape index (κ2) is 4.74. The minimum atomic E-state index is 0.618. The Labute approximate surface area is 113 Å². The summed E-state index contributed by atoms with van der Waals surface area (Å²) in [7, 11) is 0. The molecule has 1 aromatic heterocycles. The molecule has 0 unspecified atom stereocenters. The predicted molar refractivity (Wildman–Crippen MR) is 77.5 cm³/mol. The first-order chi connectivity index (χ1) is 8.83. The summed E-state index contributed by atoms with van der Waals surface area (Å²) in [4.78, 5) is 11.9. The van der Waals surface area contributed by atoms with Crippen molar-refractivity contribution >= 4 is 39.1 Å². The van der Waals surface area contributed by atoms with Gasteiger partial charge in [-0.25, -0.2) is 9.98 Å². The molecule has 0 aliphatic carbocycles. The minimum absolute atomic E-state index is 0.618. The zero-order chi connectivity index (χ0) is 12.4. The highest BCUT2D eigenvalue weighted by molar-refractivity contribution is 9.10. The number of aromatic amines is 1. The largest absolute Gasteiger partial charge is 0.322 e. The minimum Gasteiger partial charge on any atom is -0.322 e. The number of para-hydroxylation sites is 2. The van der Waals surface area contributed by atoms with Crippen molar-refractivity contribution in [2.24, 2.45) is 4.99 Å². The number of aromatic nitrogens is 2. The van der Waals surface area contributed by atoms with E-state index in [9.17, 15) is 0 Å². The fraction of sp³-hybridized carbons (Fsp3) is 0. The normalized spacial score (nSPS) is 11.4. The van der Waals surface area contributed by atoms with E-state index >= 15 is 0 Å². The standard InChI is InChI=1S/C14H10BrN3/c15-11-6-2-1-5-10(11)9-16-14-17-12-7-3-4-8-13(12)18-14/h1-9H,(H,17,18)/b16-9+. The van der Waals surface area contributed by atoms with Crippen molar-refractivity contribution in [1.29, 1.82) is 0 Å². The van der Waals surface area contributed by atoms with Gasteiger partial charge < -0.3 is 4.98 Å². The van der Waals surface area contributed by atoms with E-state index in [2.05, 4.69) is 30.9 Å². The summed E-state index contributed by atoms with van der Waals surface area (Å²) in [6.45, 7) is 0. The SMILES string of the molecule is Brc1ccccc1/C=N/c1nc2ccccc2[nH]1. The molecule has 0 bridgehead atoms. The number of fused-ring (bicyclic) bond motifs is 1. The van der Waals surface area contributed by atoms with Crippen molar-refractivity contribution in [3.63, 3.8) is 0 Å². The molecule has 0 amide bonds. The molecule has 0 aliphatic heterocycles. The number of hydrogen-bond acceptors (Lipinski definition) is 2. The lowest BCUT2D eigenvalue weighted by Gasteiger charge is -1.94. The van der Waals surface area contributed by atoms with Crippen LogP contribution in [0.4, 0.5) is 5.95 Å². The molecule has 18 heavy (non-hydrogen) atoms. The topological polar surface area (TPSA) is 41.0 Å². The molecular formula is C14H10BrN3. The highest BCUT2D eigenvalue weighted by Crippen LogP contribution is 2.17. The number of rotatable bonds is 2. The van der Waals surface area contributed by atoms with Gasteiger partial charge in [-0.05, 0) is 18.2 Å². The van der Waals surface area contributed by atoms with E-state index in [-0.39, 0.29) is 0 Å². The maximum absolute atomic E-state index is 4.39. The van der Waals surface area contributed by atoms with Gasteiger partial charge in [-0.2, -0.15) is 0 Å². The van der Waals surface area contributed by atoms with Gasteiger partial charge in [-0.1, -0.05) is 46.3 Å². The fourth-order valence-electron chi connectivity index (χ4n) is 1.71. The van der Waals surface area contributed by atoms with E-state index in [0.717, 1.165) is 21.1 Å². The van der Waals surface area contributed by atoms with Gasteiger partial charge in [0.1, 0.15) is 0 Å². The molecule has 0 atom stereocenters. The van der Waals surface area contributed by atoms with Gasteiger partial charge >= 0.3 is 0 Å². The van der Waals surface area contributed by atoms with Gasteiger partial charge in [0.15, 0.2) is 0 Å². The highest BCUT2D eigenvalue weighted by atomic mass is 79.9. The van der Waals surface area contributed by atoms with Crippen LogP contribution in [0.25, 0.3) is 11.0 Å². The van der Waals surface area contributed by atoms with Gasteiger partial charge in [-0.15, -0.1) is 0 Å². The number of nitrogens with one attached hydrogen (secondary N) is 1. The smallest absolute Gasteiger partial charge is 0.227 e. The van der Waals surface area contributed by atoms with Gasteiger partial charge in [0, 0.05) is 16.3 Å². The second-order valence-electron chi connectivity index (χ2n) is 3.86. The number of benzene rings is 2. The quantitative estimate of drug-likeness (QED) is 0.712. The molecule has 0 saturated heterocycles. The highest BCUT2D eigenvalue weighted by Gasteiger charge is 1.99. The van der Waals surface area contributed by atoms with Crippen LogP contribution in [0.5, 0.6) is 0 Å². The Bertz CT molecular complexity index is 683.